The molecule has 1 saturated heterocycles. The summed E-state index contributed by atoms with van der Waals surface area (Å²) in [6.07, 6.45) is 5.82. The lowest BCUT2D eigenvalue weighted by atomic mass is 10.1. The third-order valence-corrected chi connectivity index (χ3v) is 7.58. The topological polar surface area (TPSA) is 53.5 Å². The maximum absolute atomic E-state index is 13.0. The number of hydrogen-bond acceptors (Lipinski definition) is 5. The normalized spacial score (nSPS) is 19.2. The Morgan fingerprint density at radius 3 is 2.71 bits per heavy atom. The van der Waals surface area contributed by atoms with Crippen molar-refractivity contribution in [2.45, 2.75) is 30.6 Å². The van der Waals surface area contributed by atoms with Crippen LogP contribution in [0.15, 0.2) is 34.7 Å². The molecule has 1 aromatic heterocycles. The number of anilines is 1. The minimum absolute atomic E-state index is 0.450. The van der Waals surface area contributed by atoms with Crippen LogP contribution in [0, 0.1) is 0 Å². The molecule has 0 bridgehead atoms. The van der Waals surface area contributed by atoms with Crippen LogP contribution in [0.1, 0.15) is 24.0 Å². The lowest BCUT2D eigenvalue weighted by Gasteiger charge is -2.21. The maximum Gasteiger partial charge on any atom is 0.243 e. The number of benzene rings is 1. The molecule has 2 aromatic rings. The molecular weight excluding hydrogens is 342 g/mol. The number of fused-ring (bicyclic) bond motifs is 1. The van der Waals surface area contributed by atoms with E-state index in [-0.39, 0.29) is 0 Å². The van der Waals surface area contributed by atoms with Crippen molar-refractivity contribution in [1.29, 1.82) is 0 Å². The molecule has 1 fully saturated rings. The zero-order valence-corrected chi connectivity index (χ0v) is 15.2. The summed E-state index contributed by atoms with van der Waals surface area (Å²) in [6, 6.07) is 5.67. The van der Waals surface area contributed by atoms with E-state index in [4.69, 9.17) is 0 Å². The number of aryl methyl sites for hydroxylation is 2. The van der Waals surface area contributed by atoms with Crippen LogP contribution in [0.3, 0.4) is 0 Å². The molecule has 24 heavy (non-hydrogen) atoms. The van der Waals surface area contributed by atoms with Gasteiger partial charge in [-0.05, 0) is 48.9 Å². The van der Waals surface area contributed by atoms with Crippen molar-refractivity contribution in [3.8, 4) is 0 Å². The fourth-order valence-corrected chi connectivity index (χ4v) is 5.77. The first kappa shape index (κ1) is 16.1. The molecule has 0 spiro atoms. The summed E-state index contributed by atoms with van der Waals surface area (Å²) in [5.41, 5.74) is 2.51. The van der Waals surface area contributed by atoms with Gasteiger partial charge in [-0.2, -0.15) is 4.31 Å². The van der Waals surface area contributed by atoms with Gasteiger partial charge in [-0.3, -0.25) is 0 Å². The average molecular weight is 364 g/mol. The first-order valence-electron chi connectivity index (χ1n) is 8.41. The lowest BCUT2D eigenvalue weighted by molar-refractivity contribution is 0.433. The van der Waals surface area contributed by atoms with E-state index in [2.05, 4.69) is 9.88 Å². The summed E-state index contributed by atoms with van der Waals surface area (Å²) in [7, 11) is -3.41. The van der Waals surface area contributed by atoms with E-state index in [1.807, 2.05) is 17.5 Å². The van der Waals surface area contributed by atoms with Crippen LogP contribution in [0.2, 0.25) is 0 Å². The molecule has 1 aliphatic carbocycles. The molecule has 5 nitrogen and oxygen atoms in total. The van der Waals surface area contributed by atoms with Gasteiger partial charge in [0.15, 0.2) is 5.13 Å². The van der Waals surface area contributed by atoms with Gasteiger partial charge in [0, 0.05) is 37.8 Å². The quantitative estimate of drug-likeness (QED) is 0.841. The van der Waals surface area contributed by atoms with Crippen molar-refractivity contribution < 1.29 is 8.42 Å². The van der Waals surface area contributed by atoms with Crippen LogP contribution >= 0.6 is 11.3 Å². The van der Waals surface area contributed by atoms with E-state index in [9.17, 15) is 8.42 Å². The highest BCUT2D eigenvalue weighted by Crippen LogP contribution is 2.27. The summed E-state index contributed by atoms with van der Waals surface area (Å²) in [4.78, 5) is 6.98. The summed E-state index contributed by atoms with van der Waals surface area (Å²) in [5.74, 6) is 0. The Balaban J connectivity index is 1.54. The molecular formula is C17H21N3O2S2. The third kappa shape index (κ3) is 2.96. The lowest BCUT2D eigenvalue weighted by Crippen LogP contribution is -2.35. The number of hydrogen-bond donors (Lipinski definition) is 0. The highest BCUT2D eigenvalue weighted by Gasteiger charge is 2.28. The number of thiazole rings is 1. The second kappa shape index (κ2) is 6.46. The van der Waals surface area contributed by atoms with Gasteiger partial charge in [0.05, 0.1) is 4.90 Å². The van der Waals surface area contributed by atoms with Crippen LogP contribution < -0.4 is 4.90 Å². The van der Waals surface area contributed by atoms with Crippen LogP contribution in [0.25, 0.3) is 0 Å². The van der Waals surface area contributed by atoms with Gasteiger partial charge >= 0.3 is 0 Å². The van der Waals surface area contributed by atoms with E-state index < -0.39 is 10.0 Å². The molecule has 1 aliphatic heterocycles. The molecule has 7 heteroatoms. The molecule has 2 aliphatic rings. The Kier molecular flexibility index (Phi) is 4.32. The van der Waals surface area contributed by atoms with Gasteiger partial charge < -0.3 is 4.90 Å². The minimum Gasteiger partial charge on any atom is -0.347 e. The van der Waals surface area contributed by atoms with E-state index in [0.29, 0.717) is 24.5 Å². The molecule has 0 radical (unpaired) electrons. The standard InChI is InChI=1S/C17H21N3O2S2/c21-24(22,16-6-5-14-3-1-4-15(14)13-16)20-9-2-8-19(10-11-20)17-18-7-12-23-17/h5-7,12-13H,1-4,8-11H2. The molecule has 0 unspecified atom stereocenters. The number of rotatable bonds is 3. The Morgan fingerprint density at radius 1 is 1.00 bits per heavy atom. The van der Waals surface area contributed by atoms with Crippen molar-refractivity contribution in [3.05, 3.63) is 40.9 Å². The predicted octanol–water partition coefficient (Wildman–Crippen LogP) is 2.53. The maximum atomic E-state index is 13.0. The van der Waals surface area contributed by atoms with Crippen molar-refractivity contribution in [2.24, 2.45) is 0 Å². The Bertz CT molecular complexity index is 818. The van der Waals surface area contributed by atoms with Gasteiger partial charge in [0.1, 0.15) is 0 Å². The van der Waals surface area contributed by atoms with E-state index in [0.717, 1.165) is 37.4 Å². The average Bonchev–Trinajstić information content (AvgIpc) is 3.21. The Hall–Kier alpha value is -1.44. The van der Waals surface area contributed by atoms with E-state index in [1.165, 1.54) is 11.1 Å². The van der Waals surface area contributed by atoms with Crippen molar-refractivity contribution in [2.75, 3.05) is 31.1 Å². The number of sulfonamides is 1. The van der Waals surface area contributed by atoms with Gasteiger partial charge in [-0.25, -0.2) is 13.4 Å². The highest BCUT2D eigenvalue weighted by atomic mass is 32.2. The monoisotopic (exact) mass is 363 g/mol. The molecule has 128 valence electrons. The first-order chi connectivity index (χ1) is 11.6. The molecule has 0 N–H and O–H groups in total. The molecule has 1 aromatic carbocycles. The second-order valence-corrected chi connectivity index (χ2v) is 9.15. The van der Waals surface area contributed by atoms with Crippen LogP contribution in [0.5, 0.6) is 0 Å². The summed E-state index contributed by atoms with van der Waals surface area (Å²) >= 11 is 1.60. The molecule has 0 atom stereocenters. The van der Waals surface area contributed by atoms with Gasteiger partial charge in [-0.15, -0.1) is 11.3 Å². The van der Waals surface area contributed by atoms with Crippen LogP contribution in [-0.2, 0) is 22.9 Å². The molecule has 2 heterocycles. The van der Waals surface area contributed by atoms with Gasteiger partial charge in [0.25, 0.3) is 0 Å². The SMILES string of the molecule is O=S(=O)(c1ccc2c(c1)CCC2)N1CCCN(c2nccs2)CC1. The third-order valence-electron chi connectivity index (χ3n) is 4.85. The fourth-order valence-electron chi connectivity index (χ4n) is 3.56. The number of nitrogens with zero attached hydrogens (tertiary/aromatic N) is 3. The van der Waals surface area contributed by atoms with Crippen molar-refractivity contribution in [3.63, 3.8) is 0 Å². The largest absolute Gasteiger partial charge is 0.347 e. The second-order valence-electron chi connectivity index (χ2n) is 6.34. The highest BCUT2D eigenvalue weighted by molar-refractivity contribution is 7.89. The minimum atomic E-state index is -3.41. The van der Waals surface area contributed by atoms with Gasteiger partial charge in [-0.1, -0.05) is 6.07 Å². The van der Waals surface area contributed by atoms with Crippen LogP contribution in [-0.4, -0.2) is 43.9 Å². The van der Waals surface area contributed by atoms with E-state index in [1.54, 1.807) is 27.9 Å². The summed E-state index contributed by atoms with van der Waals surface area (Å²) in [5, 5.41) is 2.94. The van der Waals surface area contributed by atoms with Gasteiger partial charge in [0.2, 0.25) is 10.0 Å². The fraction of sp³-hybridized carbons (Fsp3) is 0.471. The van der Waals surface area contributed by atoms with Crippen molar-refractivity contribution in [1.82, 2.24) is 9.29 Å². The summed E-state index contributed by atoms with van der Waals surface area (Å²) < 4.78 is 27.7. The smallest absolute Gasteiger partial charge is 0.243 e. The van der Waals surface area contributed by atoms with Crippen molar-refractivity contribution >= 4 is 26.5 Å². The molecule has 0 saturated carbocycles. The molecule has 4 rings (SSSR count). The first-order valence-corrected chi connectivity index (χ1v) is 10.7. The number of aromatic nitrogens is 1. The molecule has 0 amide bonds. The zero-order chi connectivity index (χ0) is 16.6. The van der Waals surface area contributed by atoms with E-state index >= 15 is 0 Å². The zero-order valence-electron chi connectivity index (χ0n) is 13.5. The van der Waals surface area contributed by atoms with Crippen LogP contribution in [0.4, 0.5) is 5.13 Å². The summed E-state index contributed by atoms with van der Waals surface area (Å²) in [6.45, 7) is 2.63. The Morgan fingerprint density at radius 2 is 1.88 bits per heavy atom. The predicted molar refractivity (Wildman–Crippen MR) is 96.2 cm³/mol. The Labute approximate surface area is 147 Å².